The minimum absolute atomic E-state index is 0.0556. The van der Waals surface area contributed by atoms with Crippen LogP contribution in [0.25, 0.3) is 0 Å². The molecule has 0 unspecified atom stereocenters. The molecule has 26 heavy (non-hydrogen) atoms. The van der Waals surface area contributed by atoms with E-state index < -0.39 is 0 Å². The molecule has 5 nitrogen and oxygen atoms in total. The number of carbonyl (C=O) groups is 2. The molecular weight excluding hydrogens is 326 g/mol. The first kappa shape index (κ1) is 18.2. The lowest BCUT2D eigenvalue weighted by Gasteiger charge is -2.22. The van der Waals surface area contributed by atoms with Gasteiger partial charge in [0.15, 0.2) is 0 Å². The third-order valence-electron chi connectivity index (χ3n) is 5.12. The fourth-order valence-corrected chi connectivity index (χ4v) is 3.57. The first-order valence-corrected chi connectivity index (χ1v) is 9.23. The van der Waals surface area contributed by atoms with E-state index in [1.807, 2.05) is 60.9 Å². The van der Waals surface area contributed by atoms with Gasteiger partial charge < -0.3 is 14.8 Å². The number of aryl methyl sites for hydroxylation is 3. The summed E-state index contributed by atoms with van der Waals surface area (Å²) in [6.07, 6.45) is 1.24. The molecular formula is C21H27N3O2. The molecule has 1 saturated heterocycles. The quantitative estimate of drug-likeness (QED) is 0.922. The van der Waals surface area contributed by atoms with Gasteiger partial charge in [-0.25, -0.2) is 0 Å². The molecule has 1 aliphatic rings. The fraction of sp³-hybridized carbons (Fsp3) is 0.429. The molecule has 3 rings (SSSR count). The summed E-state index contributed by atoms with van der Waals surface area (Å²) in [7, 11) is 0. The summed E-state index contributed by atoms with van der Waals surface area (Å²) in [6, 6.07) is 9.91. The molecule has 0 spiro atoms. The summed E-state index contributed by atoms with van der Waals surface area (Å²) in [4.78, 5) is 32.5. The Hall–Kier alpha value is -2.56. The Bertz CT molecular complexity index is 809. The van der Waals surface area contributed by atoms with Gasteiger partial charge in [0, 0.05) is 37.6 Å². The lowest BCUT2D eigenvalue weighted by molar-refractivity contribution is -0.130. The van der Waals surface area contributed by atoms with Gasteiger partial charge in [-0.2, -0.15) is 0 Å². The van der Waals surface area contributed by atoms with E-state index in [0.29, 0.717) is 32.6 Å². The van der Waals surface area contributed by atoms with Crippen molar-refractivity contribution in [2.24, 2.45) is 0 Å². The molecule has 2 amide bonds. The zero-order valence-electron chi connectivity index (χ0n) is 15.8. The van der Waals surface area contributed by atoms with E-state index in [4.69, 9.17) is 0 Å². The zero-order chi connectivity index (χ0) is 18.7. The van der Waals surface area contributed by atoms with Crippen LogP contribution in [0.2, 0.25) is 0 Å². The van der Waals surface area contributed by atoms with E-state index in [2.05, 4.69) is 4.98 Å². The van der Waals surface area contributed by atoms with Gasteiger partial charge in [-0.3, -0.25) is 9.59 Å². The molecule has 1 aromatic carbocycles. The highest BCUT2D eigenvalue weighted by Gasteiger charge is 2.24. The summed E-state index contributed by atoms with van der Waals surface area (Å²) in [5.41, 5.74) is 4.86. The van der Waals surface area contributed by atoms with Gasteiger partial charge >= 0.3 is 0 Å². The van der Waals surface area contributed by atoms with Crippen LogP contribution >= 0.6 is 0 Å². The third kappa shape index (κ3) is 3.98. The Morgan fingerprint density at radius 2 is 1.69 bits per heavy atom. The number of nitrogens with zero attached hydrogens (tertiary/aromatic N) is 2. The minimum atomic E-state index is 0.0556. The molecule has 1 fully saturated rings. The molecule has 2 heterocycles. The predicted molar refractivity (Wildman–Crippen MR) is 102 cm³/mol. The van der Waals surface area contributed by atoms with Crippen molar-refractivity contribution in [3.8, 4) is 0 Å². The maximum Gasteiger partial charge on any atom is 0.255 e. The first-order chi connectivity index (χ1) is 12.5. The maximum absolute atomic E-state index is 12.8. The van der Waals surface area contributed by atoms with Gasteiger partial charge in [-0.05, 0) is 44.4 Å². The topological polar surface area (TPSA) is 56.4 Å². The number of H-pyrrole nitrogens is 1. The molecule has 0 aliphatic carbocycles. The number of aromatic nitrogens is 1. The first-order valence-electron chi connectivity index (χ1n) is 9.23. The summed E-state index contributed by atoms with van der Waals surface area (Å²) < 4.78 is 0. The normalized spacial score (nSPS) is 15.0. The molecule has 2 aromatic rings. The highest BCUT2D eigenvalue weighted by Crippen LogP contribution is 2.15. The van der Waals surface area contributed by atoms with Gasteiger partial charge in [0.1, 0.15) is 0 Å². The highest BCUT2D eigenvalue weighted by molar-refractivity contribution is 5.95. The van der Waals surface area contributed by atoms with Gasteiger partial charge in [-0.1, -0.05) is 24.3 Å². The molecule has 0 saturated carbocycles. The number of carbonyl (C=O) groups excluding carboxylic acids is 2. The molecule has 1 N–H and O–H groups in total. The van der Waals surface area contributed by atoms with Crippen LogP contribution in [-0.4, -0.2) is 52.8 Å². The average molecular weight is 353 g/mol. The standard InChI is InChI=1S/C21H27N3O2/c1-15-7-4-5-8-18(15)14-20(25)23-9-6-10-24(12-11-23)21(26)19-13-16(2)22-17(19)3/h4-5,7-8,13,22H,6,9-12,14H2,1-3H3. The SMILES string of the molecule is Cc1cc(C(=O)N2CCCN(C(=O)Cc3ccccc3C)CC2)c(C)[nH]1. The molecule has 1 aromatic heterocycles. The summed E-state index contributed by atoms with van der Waals surface area (Å²) in [5.74, 6) is 0.197. The van der Waals surface area contributed by atoms with Crippen molar-refractivity contribution in [1.29, 1.82) is 0 Å². The highest BCUT2D eigenvalue weighted by atomic mass is 16.2. The Balaban J connectivity index is 1.63. The Labute approximate surface area is 155 Å². The largest absolute Gasteiger partial charge is 0.362 e. The van der Waals surface area contributed by atoms with Crippen LogP contribution in [0.5, 0.6) is 0 Å². The Morgan fingerprint density at radius 3 is 2.38 bits per heavy atom. The van der Waals surface area contributed by atoms with E-state index in [-0.39, 0.29) is 11.8 Å². The maximum atomic E-state index is 12.8. The number of nitrogens with one attached hydrogen (secondary N) is 1. The molecule has 1 aliphatic heterocycles. The van der Waals surface area contributed by atoms with Crippen LogP contribution in [-0.2, 0) is 11.2 Å². The van der Waals surface area contributed by atoms with Gasteiger partial charge in [0.25, 0.3) is 5.91 Å². The summed E-state index contributed by atoms with van der Waals surface area (Å²) in [6.45, 7) is 8.50. The number of hydrogen-bond acceptors (Lipinski definition) is 2. The number of hydrogen-bond donors (Lipinski definition) is 1. The molecule has 0 bridgehead atoms. The van der Waals surface area contributed by atoms with Gasteiger partial charge in [-0.15, -0.1) is 0 Å². The van der Waals surface area contributed by atoms with E-state index >= 15 is 0 Å². The Kier molecular flexibility index (Phi) is 5.45. The van der Waals surface area contributed by atoms with Crippen molar-refractivity contribution in [1.82, 2.24) is 14.8 Å². The molecule has 5 heteroatoms. The van der Waals surface area contributed by atoms with Gasteiger partial charge in [0.2, 0.25) is 5.91 Å². The van der Waals surface area contributed by atoms with Crippen molar-refractivity contribution in [3.05, 3.63) is 58.4 Å². The smallest absolute Gasteiger partial charge is 0.255 e. The molecule has 0 radical (unpaired) electrons. The lowest BCUT2D eigenvalue weighted by atomic mass is 10.1. The van der Waals surface area contributed by atoms with Crippen molar-refractivity contribution in [2.75, 3.05) is 26.2 Å². The van der Waals surface area contributed by atoms with Crippen molar-refractivity contribution >= 4 is 11.8 Å². The fourth-order valence-electron chi connectivity index (χ4n) is 3.57. The summed E-state index contributed by atoms with van der Waals surface area (Å²) in [5, 5.41) is 0. The van der Waals surface area contributed by atoms with E-state index in [1.54, 1.807) is 0 Å². The number of aromatic amines is 1. The number of amides is 2. The van der Waals surface area contributed by atoms with Crippen LogP contribution in [0, 0.1) is 20.8 Å². The van der Waals surface area contributed by atoms with Crippen LogP contribution in [0.4, 0.5) is 0 Å². The van der Waals surface area contributed by atoms with Crippen molar-refractivity contribution in [2.45, 2.75) is 33.6 Å². The van der Waals surface area contributed by atoms with Crippen LogP contribution < -0.4 is 0 Å². The second-order valence-electron chi connectivity index (χ2n) is 7.12. The minimum Gasteiger partial charge on any atom is -0.362 e. The Morgan fingerprint density at radius 1 is 1.00 bits per heavy atom. The second-order valence-corrected chi connectivity index (χ2v) is 7.12. The van der Waals surface area contributed by atoms with Crippen molar-refractivity contribution < 1.29 is 9.59 Å². The lowest BCUT2D eigenvalue weighted by Crippen LogP contribution is -2.38. The molecule has 0 atom stereocenters. The van der Waals surface area contributed by atoms with Crippen LogP contribution in [0.1, 0.15) is 39.3 Å². The monoisotopic (exact) mass is 353 g/mol. The zero-order valence-corrected chi connectivity index (χ0v) is 15.8. The third-order valence-corrected chi connectivity index (χ3v) is 5.12. The van der Waals surface area contributed by atoms with Crippen molar-refractivity contribution in [3.63, 3.8) is 0 Å². The second kappa shape index (κ2) is 7.77. The average Bonchev–Trinajstić information content (AvgIpc) is 2.82. The van der Waals surface area contributed by atoms with Crippen LogP contribution in [0.15, 0.2) is 30.3 Å². The summed E-state index contributed by atoms with van der Waals surface area (Å²) >= 11 is 0. The van der Waals surface area contributed by atoms with E-state index in [0.717, 1.165) is 34.5 Å². The van der Waals surface area contributed by atoms with E-state index in [9.17, 15) is 9.59 Å². The number of benzene rings is 1. The van der Waals surface area contributed by atoms with E-state index in [1.165, 1.54) is 0 Å². The van der Waals surface area contributed by atoms with Crippen LogP contribution in [0.3, 0.4) is 0 Å². The predicted octanol–water partition coefficient (Wildman–Crippen LogP) is 2.86. The van der Waals surface area contributed by atoms with Gasteiger partial charge in [0.05, 0.1) is 12.0 Å². The molecule has 138 valence electrons. The number of rotatable bonds is 3.